The second-order valence-electron chi connectivity index (χ2n) is 5.51. The third-order valence-electron chi connectivity index (χ3n) is 3.94. The molecule has 0 bridgehead atoms. The number of aromatic carboxylic acids is 1. The predicted molar refractivity (Wildman–Crippen MR) is 86.7 cm³/mol. The van der Waals surface area contributed by atoms with Crippen molar-refractivity contribution in [2.75, 3.05) is 6.54 Å². The van der Waals surface area contributed by atoms with Crippen LogP contribution >= 0.6 is 0 Å². The number of carbonyl (C=O) groups is 2. The van der Waals surface area contributed by atoms with Gasteiger partial charge >= 0.3 is 5.97 Å². The monoisotopic (exact) mass is 315 g/mol. The normalized spacial score (nSPS) is 10.6. The van der Waals surface area contributed by atoms with E-state index >= 15 is 0 Å². The van der Waals surface area contributed by atoms with E-state index in [2.05, 4.69) is 10.4 Å². The maximum Gasteiger partial charge on any atom is 0.335 e. The van der Waals surface area contributed by atoms with Gasteiger partial charge in [-0.05, 0) is 56.5 Å². The number of nitrogens with zero attached hydrogens (tertiary/aromatic N) is 2. The largest absolute Gasteiger partial charge is 0.478 e. The predicted octanol–water partition coefficient (Wildman–Crippen LogP) is 2.10. The highest BCUT2D eigenvalue weighted by molar-refractivity contribution is 5.95. The Morgan fingerprint density at radius 2 is 1.78 bits per heavy atom. The Hall–Kier alpha value is -2.63. The summed E-state index contributed by atoms with van der Waals surface area (Å²) < 4.78 is 1.87. The van der Waals surface area contributed by atoms with Gasteiger partial charge < -0.3 is 10.4 Å². The van der Waals surface area contributed by atoms with Gasteiger partial charge in [0.1, 0.15) is 0 Å². The number of amides is 1. The highest BCUT2D eigenvalue weighted by atomic mass is 16.4. The van der Waals surface area contributed by atoms with Gasteiger partial charge in [0.2, 0.25) is 0 Å². The summed E-state index contributed by atoms with van der Waals surface area (Å²) in [6.07, 6.45) is 1.69. The minimum absolute atomic E-state index is 0.170. The van der Waals surface area contributed by atoms with E-state index in [0.29, 0.717) is 12.1 Å². The number of benzene rings is 1. The van der Waals surface area contributed by atoms with Crippen LogP contribution in [0, 0.1) is 13.8 Å². The van der Waals surface area contributed by atoms with Crippen molar-refractivity contribution in [2.45, 2.75) is 26.7 Å². The van der Waals surface area contributed by atoms with Crippen molar-refractivity contribution in [2.24, 2.45) is 7.05 Å². The number of hydrogen-bond acceptors (Lipinski definition) is 3. The van der Waals surface area contributed by atoms with E-state index in [1.807, 2.05) is 25.6 Å². The van der Waals surface area contributed by atoms with E-state index in [1.165, 1.54) is 29.8 Å². The van der Waals surface area contributed by atoms with Gasteiger partial charge in [0.05, 0.1) is 11.3 Å². The molecule has 0 fully saturated rings. The molecule has 6 nitrogen and oxygen atoms in total. The molecule has 0 spiro atoms. The molecule has 23 heavy (non-hydrogen) atoms. The van der Waals surface area contributed by atoms with Gasteiger partial charge in [0, 0.05) is 24.8 Å². The number of rotatable bonds is 6. The van der Waals surface area contributed by atoms with Crippen LogP contribution in [0.3, 0.4) is 0 Å². The van der Waals surface area contributed by atoms with Crippen molar-refractivity contribution in [3.8, 4) is 0 Å². The van der Waals surface area contributed by atoms with E-state index in [1.54, 1.807) is 0 Å². The molecule has 2 aromatic rings. The topological polar surface area (TPSA) is 84.2 Å². The first-order valence-electron chi connectivity index (χ1n) is 7.50. The number of nitrogens with one attached hydrogen (secondary N) is 1. The van der Waals surface area contributed by atoms with Crippen LogP contribution < -0.4 is 5.32 Å². The molecule has 1 amide bonds. The minimum Gasteiger partial charge on any atom is -0.478 e. The first-order chi connectivity index (χ1) is 10.9. The van der Waals surface area contributed by atoms with Gasteiger partial charge in [-0.3, -0.25) is 9.48 Å². The van der Waals surface area contributed by atoms with Gasteiger partial charge in [-0.15, -0.1) is 0 Å². The maximum atomic E-state index is 12.0. The molecule has 1 aromatic carbocycles. The lowest BCUT2D eigenvalue weighted by atomic mass is 10.1. The van der Waals surface area contributed by atoms with Crippen molar-refractivity contribution in [1.82, 2.24) is 15.1 Å². The first-order valence-corrected chi connectivity index (χ1v) is 7.50. The van der Waals surface area contributed by atoms with Crippen molar-refractivity contribution in [3.63, 3.8) is 0 Å². The van der Waals surface area contributed by atoms with Crippen LogP contribution in [0.15, 0.2) is 24.3 Å². The third kappa shape index (κ3) is 3.97. The van der Waals surface area contributed by atoms with Crippen LogP contribution in [0.25, 0.3) is 0 Å². The Balaban J connectivity index is 1.84. The van der Waals surface area contributed by atoms with Crippen LogP contribution in [0.1, 0.15) is 44.1 Å². The third-order valence-corrected chi connectivity index (χ3v) is 3.94. The SMILES string of the molecule is Cc1nn(C)c(C)c1CCCNC(=O)c1ccc(C(=O)O)cc1. The summed E-state index contributed by atoms with van der Waals surface area (Å²) in [5.74, 6) is -1.19. The molecule has 122 valence electrons. The Kier molecular flexibility index (Phi) is 5.16. The van der Waals surface area contributed by atoms with Crippen LogP contribution in [-0.2, 0) is 13.5 Å². The zero-order valence-corrected chi connectivity index (χ0v) is 13.6. The Labute approximate surface area is 135 Å². The van der Waals surface area contributed by atoms with Crippen molar-refractivity contribution in [1.29, 1.82) is 0 Å². The smallest absolute Gasteiger partial charge is 0.335 e. The summed E-state index contributed by atoms with van der Waals surface area (Å²) in [5.41, 5.74) is 4.04. The van der Waals surface area contributed by atoms with Gasteiger partial charge in [-0.2, -0.15) is 5.10 Å². The fourth-order valence-electron chi connectivity index (χ4n) is 2.51. The summed E-state index contributed by atoms with van der Waals surface area (Å²) in [4.78, 5) is 22.8. The zero-order valence-electron chi connectivity index (χ0n) is 13.6. The highest BCUT2D eigenvalue weighted by Crippen LogP contribution is 2.13. The lowest BCUT2D eigenvalue weighted by Gasteiger charge is -2.06. The lowest BCUT2D eigenvalue weighted by molar-refractivity contribution is 0.0696. The summed E-state index contributed by atoms with van der Waals surface area (Å²) in [5, 5.41) is 16.1. The van der Waals surface area contributed by atoms with Gasteiger partial charge in [-0.1, -0.05) is 0 Å². The average Bonchev–Trinajstić information content (AvgIpc) is 2.77. The Morgan fingerprint density at radius 1 is 1.17 bits per heavy atom. The number of aryl methyl sites for hydroxylation is 2. The first kappa shape index (κ1) is 16.7. The molecule has 0 radical (unpaired) electrons. The molecule has 2 rings (SSSR count). The molecule has 0 saturated heterocycles. The molecule has 1 heterocycles. The van der Waals surface area contributed by atoms with Crippen LogP contribution in [-0.4, -0.2) is 33.3 Å². The Bertz CT molecular complexity index is 717. The highest BCUT2D eigenvalue weighted by Gasteiger charge is 2.10. The second kappa shape index (κ2) is 7.09. The Morgan fingerprint density at radius 3 is 2.30 bits per heavy atom. The molecule has 0 atom stereocenters. The molecule has 1 aromatic heterocycles. The zero-order chi connectivity index (χ0) is 17.0. The van der Waals surface area contributed by atoms with Gasteiger partial charge in [0.15, 0.2) is 0 Å². The summed E-state index contributed by atoms with van der Waals surface area (Å²) in [6, 6.07) is 5.90. The lowest BCUT2D eigenvalue weighted by Crippen LogP contribution is -2.24. The van der Waals surface area contributed by atoms with E-state index in [-0.39, 0.29) is 11.5 Å². The quantitative estimate of drug-likeness (QED) is 0.800. The van der Waals surface area contributed by atoms with Gasteiger partial charge in [-0.25, -0.2) is 4.79 Å². The van der Waals surface area contributed by atoms with Crippen molar-refractivity contribution < 1.29 is 14.7 Å². The molecular formula is C17H21N3O3. The fourth-order valence-corrected chi connectivity index (χ4v) is 2.51. The minimum atomic E-state index is -1.00. The molecular weight excluding hydrogens is 294 g/mol. The number of aromatic nitrogens is 2. The van der Waals surface area contributed by atoms with E-state index in [9.17, 15) is 9.59 Å². The van der Waals surface area contributed by atoms with Crippen molar-refractivity contribution in [3.05, 3.63) is 52.3 Å². The molecule has 6 heteroatoms. The average molecular weight is 315 g/mol. The maximum absolute atomic E-state index is 12.0. The standard InChI is InChI=1S/C17H21N3O3/c1-11-15(12(2)20(3)19-11)5-4-10-18-16(21)13-6-8-14(9-7-13)17(22)23/h6-9H,4-5,10H2,1-3H3,(H,18,21)(H,22,23). The second-order valence-corrected chi connectivity index (χ2v) is 5.51. The van der Waals surface area contributed by atoms with Crippen LogP contribution in [0.5, 0.6) is 0 Å². The van der Waals surface area contributed by atoms with E-state index in [0.717, 1.165) is 24.2 Å². The molecule has 0 unspecified atom stereocenters. The van der Waals surface area contributed by atoms with E-state index < -0.39 is 5.97 Å². The molecule has 0 saturated carbocycles. The summed E-state index contributed by atoms with van der Waals surface area (Å²) in [7, 11) is 1.92. The fraction of sp³-hybridized carbons (Fsp3) is 0.353. The van der Waals surface area contributed by atoms with E-state index in [4.69, 9.17) is 5.11 Å². The summed E-state index contributed by atoms with van der Waals surface area (Å²) >= 11 is 0. The molecule has 2 N–H and O–H groups in total. The van der Waals surface area contributed by atoms with Crippen molar-refractivity contribution >= 4 is 11.9 Å². The van der Waals surface area contributed by atoms with Crippen LogP contribution in [0.2, 0.25) is 0 Å². The number of hydrogen-bond donors (Lipinski definition) is 2. The number of carboxylic acids is 1. The number of carbonyl (C=O) groups excluding carboxylic acids is 1. The summed E-state index contributed by atoms with van der Waals surface area (Å²) in [6.45, 7) is 4.59. The molecule has 0 aliphatic rings. The molecule has 0 aliphatic carbocycles. The van der Waals surface area contributed by atoms with Crippen LogP contribution in [0.4, 0.5) is 0 Å². The van der Waals surface area contributed by atoms with Gasteiger partial charge in [0.25, 0.3) is 5.91 Å². The molecule has 0 aliphatic heterocycles. The number of carboxylic acid groups (broad SMARTS) is 1.